The molecule has 0 fully saturated rings. The van der Waals surface area contributed by atoms with E-state index in [0.717, 1.165) is 47.5 Å². The number of anilines is 2. The number of carbonyl (C=O) groups excluding carboxylic acids is 1. The largest absolute Gasteiger partial charge is 0.398 e. The zero-order valence-electron chi connectivity index (χ0n) is 11.6. The summed E-state index contributed by atoms with van der Waals surface area (Å²) in [6.07, 6.45) is 1.90. The van der Waals surface area contributed by atoms with Gasteiger partial charge in [0.1, 0.15) is 0 Å². The molecule has 2 aromatic carbocycles. The van der Waals surface area contributed by atoms with Gasteiger partial charge in [-0.15, -0.1) is 0 Å². The summed E-state index contributed by atoms with van der Waals surface area (Å²) in [5.41, 5.74) is 10.7. The van der Waals surface area contributed by atoms with Gasteiger partial charge in [0.2, 0.25) is 0 Å². The van der Waals surface area contributed by atoms with E-state index in [9.17, 15) is 4.79 Å². The average molecular weight is 266 g/mol. The Morgan fingerprint density at radius 2 is 1.90 bits per heavy atom. The highest BCUT2D eigenvalue weighted by atomic mass is 16.2. The lowest BCUT2D eigenvalue weighted by Gasteiger charge is -2.30. The van der Waals surface area contributed by atoms with E-state index in [-0.39, 0.29) is 5.91 Å². The summed E-state index contributed by atoms with van der Waals surface area (Å²) in [6.45, 7) is 2.77. The normalized spacial score (nSPS) is 13.9. The standard InChI is InChI=1S/C17H18N2O/c1-12-7-9-13(10-8-12)17(20)19-11-3-4-14-15(18)5-2-6-16(14)19/h2,5-10H,3-4,11,18H2,1H3. The minimum Gasteiger partial charge on any atom is -0.398 e. The molecular weight excluding hydrogens is 248 g/mol. The van der Waals surface area contributed by atoms with Crippen LogP contribution in [-0.2, 0) is 6.42 Å². The van der Waals surface area contributed by atoms with Crippen LogP contribution >= 0.6 is 0 Å². The molecule has 0 atom stereocenters. The molecule has 3 rings (SSSR count). The van der Waals surface area contributed by atoms with Gasteiger partial charge in [0.15, 0.2) is 0 Å². The Morgan fingerprint density at radius 1 is 1.15 bits per heavy atom. The van der Waals surface area contributed by atoms with Crippen LogP contribution in [0.1, 0.15) is 27.9 Å². The van der Waals surface area contributed by atoms with Gasteiger partial charge in [-0.3, -0.25) is 4.79 Å². The summed E-state index contributed by atoms with van der Waals surface area (Å²) >= 11 is 0. The molecule has 3 nitrogen and oxygen atoms in total. The second-order valence-corrected chi connectivity index (χ2v) is 5.27. The second-order valence-electron chi connectivity index (χ2n) is 5.27. The number of aryl methyl sites for hydroxylation is 1. The Balaban J connectivity index is 1.98. The van der Waals surface area contributed by atoms with E-state index < -0.39 is 0 Å². The van der Waals surface area contributed by atoms with Crippen LogP contribution in [-0.4, -0.2) is 12.5 Å². The molecule has 1 aliphatic heterocycles. The number of benzene rings is 2. The predicted octanol–water partition coefficient (Wildman–Crippen LogP) is 3.17. The Morgan fingerprint density at radius 3 is 2.65 bits per heavy atom. The molecule has 3 heteroatoms. The highest BCUT2D eigenvalue weighted by molar-refractivity contribution is 6.07. The van der Waals surface area contributed by atoms with Gasteiger partial charge in [0.05, 0.1) is 0 Å². The van der Waals surface area contributed by atoms with E-state index >= 15 is 0 Å². The van der Waals surface area contributed by atoms with Crippen LogP contribution in [0.4, 0.5) is 11.4 Å². The maximum absolute atomic E-state index is 12.7. The van der Waals surface area contributed by atoms with Crippen molar-refractivity contribution in [2.45, 2.75) is 19.8 Å². The molecule has 1 amide bonds. The molecule has 2 N–H and O–H groups in total. The maximum Gasteiger partial charge on any atom is 0.258 e. The molecule has 0 unspecified atom stereocenters. The summed E-state index contributed by atoms with van der Waals surface area (Å²) in [5, 5.41) is 0. The van der Waals surface area contributed by atoms with Crippen molar-refractivity contribution in [3.05, 3.63) is 59.2 Å². The zero-order chi connectivity index (χ0) is 14.1. The van der Waals surface area contributed by atoms with Crippen molar-refractivity contribution in [2.24, 2.45) is 0 Å². The topological polar surface area (TPSA) is 46.3 Å². The molecule has 0 spiro atoms. The van der Waals surface area contributed by atoms with Gasteiger partial charge in [-0.25, -0.2) is 0 Å². The summed E-state index contributed by atoms with van der Waals surface area (Å²) in [6, 6.07) is 13.5. The van der Waals surface area contributed by atoms with Gasteiger partial charge >= 0.3 is 0 Å². The quantitative estimate of drug-likeness (QED) is 0.806. The predicted molar refractivity (Wildman–Crippen MR) is 82.0 cm³/mol. The lowest BCUT2D eigenvalue weighted by molar-refractivity contribution is 0.0985. The first-order chi connectivity index (χ1) is 9.66. The van der Waals surface area contributed by atoms with Crippen LogP contribution in [0.5, 0.6) is 0 Å². The van der Waals surface area contributed by atoms with Gasteiger partial charge in [-0.2, -0.15) is 0 Å². The molecule has 102 valence electrons. The molecule has 0 aromatic heterocycles. The number of carbonyl (C=O) groups is 1. The number of amides is 1. The third-order valence-electron chi connectivity index (χ3n) is 3.83. The minimum absolute atomic E-state index is 0.0524. The first kappa shape index (κ1) is 12.7. The summed E-state index contributed by atoms with van der Waals surface area (Å²) in [7, 11) is 0. The van der Waals surface area contributed by atoms with Gasteiger partial charge < -0.3 is 10.6 Å². The minimum atomic E-state index is 0.0524. The Kier molecular flexibility index (Phi) is 3.18. The highest BCUT2D eigenvalue weighted by Gasteiger charge is 2.24. The van der Waals surface area contributed by atoms with Crippen molar-refractivity contribution < 1.29 is 4.79 Å². The van der Waals surface area contributed by atoms with E-state index in [1.165, 1.54) is 0 Å². The van der Waals surface area contributed by atoms with Gasteiger partial charge in [-0.05, 0) is 49.6 Å². The van der Waals surface area contributed by atoms with Crippen LogP contribution in [0.3, 0.4) is 0 Å². The zero-order valence-corrected chi connectivity index (χ0v) is 11.6. The number of hydrogen-bond donors (Lipinski definition) is 1. The van der Waals surface area contributed by atoms with Crippen LogP contribution in [0, 0.1) is 6.92 Å². The van der Waals surface area contributed by atoms with Crippen LogP contribution in [0.15, 0.2) is 42.5 Å². The van der Waals surface area contributed by atoms with E-state index in [1.54, 1.807) is 0 Å². The van der Waals surface area contributed by atoms with E-state index in [4.69, 9.17) is 5.73 Å². The van der Waals surface area contributed by atoms with E-state index in [2.05, 4.69) is 0 Å². The number of nitrogens with zero attached hydrogens (tertiary/aromatic N) is 1. The van der Waals surface area contributed by atoms with Crippen molar-refractivity contribution in [1.29, 1.82) is 0 Å². The SMILES string of the molecule is Cc1ccc(C(=O)N2CCCc3c(N)cccc32)cc1. The number of rotatable bonds is 1. The lowest BCUT2D eigenvalue weighted by atomic mass is 9.99. The first-order valence-electron chi connectivity index (χ1n) is 6.93. The monoisotopic (exact) mass is 266 g/mol. The highest BCUT2D eigenvalue weighted by Crippen LogP contribution is 2.32. The van der Waals surface area contributed by atoms with Crippen LogP contribution in [0.25, 0.3) is 0 Å². The Bertz CT molecular complexity index is 647. The van der Waals surface area contributed by atoms with Crippen LogP contribution < -0.4 is 10.6 Å². The first-order valence-corrected chi connectivity index (χ1v) is 6.93. The Labute approximate surface area is 119 Å². The number of fused-ring (bicyclic) bond motifs is 1. The molecule has 1 heterocycles. The smallest absolute Gasteiger partial charge is 0.258 e. The average Bonchev–Trinajstić information content (AvgIpc) is 2.47. The van der Waals surface area contributed by atoms with E-state index in [1.807, 2.05) is 54.3 Å². The van der Waals surface area contributed by atoms with E-state index in [0.29, 0.717) is 0 Å². The van der Waals surface area contributed by atoms with Crippen molar-refractivity contribution in [3.63, 3.8) is 0 Å². The lowest BCUT2D eigenvalue weighted by Crippen LogP contribution is -2.35. The fraction of sp³-hybridized carbons (Fsp3) is 0.235. The molecule has 0 aliphatic carbocycles. The molecule has 0 radical (unpaired) electrons. The number of hydrogen-bond acceptors (Lipinski definition) is 2. The van der Waals surface area contributed by atoms with Crippen molar-refractivity contribution in [3.8, 4) is 0 Å². The van der Waals surface area contributed by atoms with Gasteiger partial charge in [0.25, 0.3) is 5.91 Å². The fourth-order valence-electron chi connectivity index (χ4n) is 2.71. The second kappa shape index (κ2) is 5.00. The van der Waals surface area contributed by atoms with Crippen molar-refractivity contribution >= 4 is 17.3 Å². The number of nitrogen functional groups attached to an aromatic ring is 1. The summed E-state index contributed by atoms with van der Waals surface area (Å²) in [5.74, 6) is 0.0524. The molecule has 1 aliphatic rings. The number of nitrogens with two attached hydrogens (primary N) is 1. The van der Waals surface area contributed by atoms with Crippen molar-refractivity contribution in [1.82, 2.24) is 0 Å². The summed E-state index contributed by atoms with van der Waals surface area (Å²) in [4.78, 5) is 14.5. The molecule has 0 saturated carbocycles. The molecule has 2 aromatic rings. The van der Waals surface area contributed by atoms with Gasteiger partial charge in [-0.1, -0.05) is 23.8 Å². The molecular formula is C17H18N2O. The van der Waals surface area contributed by atoms with Crippen LogP contribution in [0.2, 0.25) is 0 Å². The van der Waals surface area contributed by atoms with Crippen molar-refractivity contribution in [2.75, 3.05) is 17.2 Å². The summed E-state index contributed by atoms with van der Waals surface area (Å²) < 4.78 is 0. The third-order valence-corrected chi connectivity index (χ3v) is 3.83. The maximum atomic E-state index is 12.7. The fourth-order valence-corrected chi connectivity index (χ4v) is 2.71. The van der Waals surface area contributed by atoms with Gasteiger partial charge in [0, 0.05) is 23.5 Å². The Hall–Kier alpha value is -2.29. The molecule has 20 heavy (non-hydrogen) atoms. The molecule has 0 bridgehead atoms. The third kappa shape index (κ3) is 2.16. The molecule has 0 saturated heterocycles.